The van der Waals surface area contributed by atoms with Crippen LogP contribution in [0.25, 0.3) is 10.9 Å². The molecule has 0 unspecified atom stereocenters. The first-order valence-electron chi connectivity index (χ1n) is 7.41. The molecule has 0 saturated carbocycles. The van der Waals surface area contributed by atoms with Crippen molar-refractivity contribution in [3.63, 3.8) is 0 Å². The number of piperidine rings is 1. The van der Waals surface area contributed by atoms with Crippen molar-refractivity contribution in [3.8, 4) is 0 Å². The van der Waals surface area contributed by atoms with Gasteiger partial charge in [-0.2, -0.15) is 0 Å². The number of pyridine rings is 1. The molecule has 2 aromatic rings. The maximum Gasteiger partial charge on any atom is 0.139 e. The number of para-hydroxylation sites is 1. The standard InChI is InChI=1S/C17H21N3S/c1-17(2)7-9-20(10-8-17)16-13(15(18)21)11-12-5-3-4-6-14(12)19-16/h3-6,11H,7-10H2,1-2H3,(H2,18,21). The topological polar surface area (TPSA) is 42.2 Å². The molecule has 1 aromatic carbocycles. The summed E-state index contributed by atoms with van der Waals surface area (Å²) in [5, 5.41) is 1.08. The van der Waals surface area contributed by atoms with E-state index in [9.17, 15) is 0 Å². The van der Waals surface area contributed by atoms with E-state index in [-0.39, 0.29) is 0 Å². The van der Waals surface area contributed by atoms with E-state index < -0.39 is 0 Å². The van der Waals surface area contributed by atoms with Crippen molar-refractivity contribution in [2.75, 3.05) is 18.0 Å². The maximum atomic E-state index is 5.93. The lowest BCUT2D eigenvalue weighted by atomic mass is 9.82. The third kappa shape index (κ3) is 2.86. The molecule has 0 radical (unpaired) electrons. The Balaban J connectivity index is 2.04. The highest BCUT2D eigenvalue weighted by Crippen LogP contribution is 2.33. The second-order valence-electron chi connectivity index (χ2n) is 6.57. The van der Waals surface area contributed by atoms with Gasteiger partial charge < -0.3 is 10.6 Å². The molecule has 0 bridgehead atoms. The number of hydrogen-bond acceptors (Lipinski definition) is 3. The van der Waals surface area contributed by atoms with E-state index in [0.29, 0.717) is 10.4 Å². The number of aromatic nitrogens is 1. The summed E-state index contributed by atoms with van der Waals surface area (Å²) in [6.45, 7) is 6.67. The van der Waals surface area contributed by atoms with Crippen LogP contribution in [-0.2, 0) is 0 Å². The van der Waals surface area contributed by atoms with Crippen LogP contribution in [0.15, 0.2) is 30.3 Å². The summed E-state index contributed by atoms with van der Waals surface area (Å²) in [6.07, 6.45) is 2.33. The Morgan fingerprint density at radius 3 is 2.57 bits per heavy atom. The number of anilines is 1. The van der Waals surface area contributed by atoms with Gasteiger partial charge in [0, 0.05) is 18.5 Å². The molecule has 3 rings (SSSR count). The van der Waals surface area contributed by atoms with Gasteiger partial charge in [0.2, 0.25) is 0 Å². The number of nitrogens with zero attached hydrogens (tertiary/aromatic N) is 2. The van der Waals surface area contributed by atoms with E-state index in [1.807, 2.05) is 24.3 Å². The molecule has 1 aliphatic heterocycles. The van der Waals surface area contributed by atoms with Crippen LogP contribution in [0.1, 0.15) is 32.3 Å². The fourth-order valence-corrected chi connectivity index (χ4v) is 3.00. The van der Waals surface area contributed by atoms with Gasteiger partial charge in [0.1, 0.15) is 10.8 Å². The highest BCUT2D eigenvalue weighted by Gasteiger charge is 2.27. The molecule has 21 heavy (non-hydrogen) atoms. The summed E-state index contributed by atoms with van der Waals surface area (Å²) in [6, 6.07) is 10.2. The summed E-state index contributed by atoms with van der Waals surface area (Å²) < 4.78 is 0. The van der Waals surface area contributed by atoms with Crippen molar-refractivity contribution in [1.82, 2.24) is 4.98 Å². The minimum Gasteiger partial charge on any atom is -0.389 e. The summed E-state index contributed by atoms with van der Waals surface area (Å²) >= 11 is 5.24. The summed E-state index contributed by atoms with van der Waals surface area (Å²) in [5.74, 6) is 0.941. The van der Waals surface area contributed by atoms with Gasteiger partial charge in [-0.25, -0.2) is 4.98 Å². The van der Waals surface area contributed by atoms with Gasteiger partial charge in [-0.15, -0.1) is 0 Å². The van der Waals surface area contributed by atoms with E-state index in [1.54, 1.807) is 0 Å². The van der Waals surface area contributed by atoms with Crippen molar-refractivity contribution >= 4 is 33.9 Å². The van der Waals surface area contributed by atoms with Gasteiger partial charge in [0.25, 0.3) is 0 Å². The molecule has 1 fully saturated rings. The lowest BCUT2D eigenvalue weighted by Crippen LogP contribution is -2.38. The first-order chi connectivity index (χ1) is 9.96. The van der Waals surface area contributed by atoms with Crippen LogP contribution in [0.4, 0.5) is 5.82 Å². The summed E-state index contributed by atoms with van der Waals surface area (Å²) in [7, 11) is 0. The molecule has 1 aliphatic rings. The van der Waals surface area contributed by atoms with E-state index >= 15 is 0 Å². The first-order valence-corrected chi connectivity index (χ1v) is 7.82. The maximum absolute atomic E-state index is 5.93. The van der Waals surface area contributed by atoms with E-state index in [0.717, 1.165) is 48.2 Å². The Morgan fingerprint density at radius 1 is 1.24 bits per heavy atom. The Bertz CT molecular complexity index is 683. The Hall–Kier alpha value is -1.68. The SMILES string of the molecule is CC1(C)CCN(c2nc3ccccc3cc2C(N)=S)CC1. The highest BCUT2D eigenvalue weighted by atomic mass is 32.1. The van der Waals surface area contributed by atoms with Gasteiger partial charge in [-0.3, -0.25) is 0 Å². The predicted molar refractivity (Wildman–Crippen MR) is 92.9 cm³/mol. The van der Waals surface area contributed by atoms with Crippen LogP contribution in [0, 0.1) is 5.41 Å². The summed E-state index contributed by atoms with van der Waals surface area (Å²) in [5.41, 5.74) is 8.23. The lowest BCUT2D eigenvalue weighted by molar-refractivity contribution is 0.279. The fraction of sp³-hybridized carbons (Fsp3) is 0.412. The zero-order valence-electron chi connectivity index (χ0n) is 12.6. The molecule has 110 valence electrons. The normalized spacial score (nSPS) is 17.9. The average Bonchev–Trinajstić information content (AvgIpc) is 2.46. The molecular formula is C17H21N3S. The zero-order chi connectivity index (χ0) is 15.0. The van der Waals surface area contributed by atoms with Gasteiger partial charge in [-0.05, 0) is 30.4 Å². The van der Waals surface area contributed by atoms with Crippen LogP contribution in [0.3, 0.4) is 0 Å². The van der Waals surface area contributed by atoms with Crippen LogP contribution >= 0.6 is 12.2 Å². The molecule has 0 amide bonds. The van der Waals surface area contributed by atoms with Gasteiger partial charge >= 0.3 is 0 Å². The number of nitrogens with two attached hydrogens (primary N) is 1. The molecule has 0 spiro atoms. The highest BCUT2D eigenvalue weighted by molar-refractivity contribution is 7.80. The largest absolute Gasteiger partial charge is 0.389 e. The Morgan fingerprint density at radius 2 is 1.90 bits per heavy atom. The number of rotatable bonds is 2. The second kappa shape index (κ2) is 5.26. The number of benzene rings is 1. The minimum absolute atomic E-state index is 0.413. The van der Waals surface area contributed by atoms with Crippen molar-refractivity contribution in [2.24, 2.45) is 11.1 Å². The van der Waals surface area contributed by atoms with E-state index in [2.05, 4.69) is 24.8 Å². The van der Waals surface area contributed by atoms with Crippen molar-refractivity contribution in [1.29, 1.82) is 0 Å². The Labute approximate surface area is 131 Å². The lowest BCUT2D eigenvalue weighted by Gasteiger charge is -2.38. The number of hydrogen-bond donors (Lipinski definition) is 1. The van der Waals surface area contributed by atoms with Crippen molar-refractivity contribution in [3.05, 3.63) is 35.9 Å². The van der Waals surface area contributed by atoms with Crippen molar-refractivity contribution < 1.29 is 0 Å². The third-order valence-electron chi connectivity index (χ3n) is 4.39. The van der Waals surface area contributed by atoms with E-state index in [4.69, 9.17) is 22.9 Å². The first kappa shape index (κ1) is 14.3. The minimum atomic E-state index is 0.413. The zero-order valence-corrected chi connectivity index (χ0v) is 13.4. The monoisotopic (exact) mass is 299 g/mol. The van der Waals surface area contributed by atoms with Crippen LogP contribution < -0.4 is 10.6 Å². The number of thiocarbonyl (C=S) groups is 1. The molecule has 0 aliphatic carbocycles. The molecular weight excluding hydrogens is 278 g/mol. The molecule has 2 N–H and O–H groups in total. The van der Waals surface area contributed by atoms with Crippen molar-refractivity contribution in [2.45, 2.75) is 26.7 Å². The quantitative estimate of drug-likeness (QED) is 0.862. The predicted octanol–water partition coefficient (Wildman–Crippen LogP) is 3.50. The third-order valence-corrected chi connectivity index (χ3v) is 4.61. The van der Waals surface area contributed by atoms with Crippen LogP contribution in [0.2, 0.25) is 0 Å². The molecule has 1 aromatic heterocycles. The van der Waals surface area contributed by atoms with E-state index in [1.165, 1.54) is 0 Å². The Kier molecular flexibility index (Phi) is 3.57. The number of fused-ring (bicyclic) bond motifs is 1. The second-order valence-corrected chi connectivity index (χ2v) is 7.01. The molecule has 0 atom stereocenters. The molecule has 1 saturated heterocycles. The van der Waals surface area contributed by atoms with Gasteiger partial charge in [0.15, 0.2) is 0 Å². The summed E-state index contributed by atoms with van der Waals surface area (Å²) in [4.78, 5) is 7.58. The van der Waals surface area contributed by atoms with Gasteiger partial charge in [0.05, 0.1) is 11.1 Å². The van der Waals surface area contributed by atoms with Gasteiger partial charge in [-0.1, -0.05) is 44.3 Å². The van der Waals surface area contributed by atoms with Crippen LogP contribution in [-0.4, -0.2) is 23.1 Å². The molecule has 2 heterocycles. The molecule has 4 heteroatoms. The smallest absolute Gasteiger partial charge is 0.139 e. The fourth-order valence-electron chi connectivity index (χ4n) is 2.85. The van der Waals surface area contributed by atoms with Crippen LogP contribution in [0.5, 0.6) is 0 Å². The average molecular weight is 299 g/mol. The molecule has 3 nitrogen and oxygen atoms in total.